The van der Waals surface area contributed by atoms with E-state index < -0.39 is 0 Å². The Bertz CT molecular complexity index is 468. The van der Waals surface area contributed by atoms with Crippen LogP contribution in [0.25, 0.3) is 0 Å². The molecule has 3 N–H and O–H groups in total. The van der Waals surface area contributed by atoms with Crippen LogP contribution in [0.1, 0.15) is 25.7 Å². The van der Waals surface area contributed by atoms with Gasteiger partial charge in [0, 0.05) is 32.6 Å². The molecule has 0 bridgehead atoms. The Morgan fingerprint density at radius 1 is 1.48 bits per heavy atom. The van der Waals surface area contributed by atoms with Gasteiger partial charge in [0.1, 0.15) is 18.0 Å². The molecule has 1 aliphatic heterocycles. The number of nitrogens with zero attached hydrogens (tertiary/aromatic N) is 3. The molecule has 0 radical (unpaired) electrons. The molecule has 1 aliphatic rings. The van der Waals surface area contributed by atoms with E-state index in [0.29, 0.717) is 18.8 Å². The first-order valence-corrected chi connectivity index (χ1v) is 7.38. The van der Waals surface area contributed by atoms with Gasteiger partial charge in [-0.1, -0.05) is 0 Å². The van der Waals surface area contributed by atoms with Gasteiger partial charge in [-0.05, 0) is 19.3 Å². The summed E-state index contributed by atoms with van der Waals surface area (Å²) in [4.78, 5) is 21.8. The highest BCUT2D eigenvalue weighted by atomic mass is 16.3. The zero-order valence-corrected chi connectivity index (χ0v) is 12.4. The topological polar surface area (TPSA) is 90.4 Å². The fraction of sp³-hybridized carbons (Fsp3) is 0.643. The fourth-order valence-corrected chi connectivity index (χ4v) is 2.52. The molecule has 1 atom stereocenters. The Balaban J connectivity index is 1.98. The summed E-state index contributed by atoms with van der Waals surface area (Å²) >= 11 is 0. The molecule has 0 aromatic carbocycles. The monoisotopic (exact) mass is 293 g/mol. The van der Waals surface area contributed by atoms with Gasteiger partial charge in [0.15, 0.2) is 0 Å². The number of carbonyl (C=O) groups excluding carboxylic acids is 1. The third kappa shape index (κ3) is 4.29. The SMILES string of the molecule is CNC(=O)CCNc1cc(N2CCCCC2CO)ncn1. The van der Waals surface area contributed by atoms with Crippen molar-refractivity contribution in [1.82, 2.24) is 15.3 Å². The van der Waals surface area contributed by atoms with Crippen LogP contribution in [0.3, 0.4) is 0 Å². The number of hydrogen-bond acceptors (Lipinski definition) is 6. The van der Waals surface area contributed by atoms with Crippen LogP contribution >= 0.6 is 0 Å². The highest BCUT2D eigenvalue weighted by molar-refractivity contribution is 5.76. The minimum Gasteiger partial charge on any atom is -0.394 e. The summed E-state index contributed by atoms with van der Waals surface area (Å²) < 4.78 is 0. The van der Waals surface area contributed by atoms with Crippen molar-refractivity contribution in [1.29, 1.82) is 0 Å². The number of aliphatic hydroxyl groups is 1. The molecule has 0 saturated carbocycles. The molecule has 1 unspecified atom stereocenters. The van der Waals surface area contributed by atoms with E-state index in [2.05, 4.69) is 25.5 Å². The predicted molar refractivity (Wildman–Crippen MR) is 81.3 cm³/mol. The zero-order chi connectivity index (χ0) is 15.1. The molecule has 1 amide bonds. The maximum Gasteiger partial charge on any atom is 0.221 e. The van der Waals surface area contributed by atoms with Gasteiger partial charge in [-0.15, -0.1) is 0 Å². The van der Waals surface area contributed by atoms with Crippen molar-refractivity contribution < 1.29 is 9.90 Å². The summed E-state index contributed by atoms with van der Waals surface area (Å²) in [6, 6.07) is 2.00. The molecule has 116 valence electrons. The van der Waals surface area contributed by atoms with Crippen molar-refractivity contribution in [3.05, 3.63) is 12.4 Å². The number of aliphatic hydroxyl groups excluding tert-OH is 1. The average molecular weight is 293 g/mol. The summed E-state index contributed by atoms with van der Waals surface area (Å²) in [5.74, 6) is 1.52. The molecule has 1 aromatic heterocycles. The summed E-state index contributed by atoms with van der Waals surface area (Å²) in [5.41, 5.74) is 0. The Morgan fingerprint density at radius 3 is 3.10 bits per heavy atom. The number of rotatable bonds is 6. The van der Waals surface area contributed by atoms with E-state index in [9.17, 15) is 9.90 Å². The lowest BCUT2D eigenvalue weighted by molar-refractivity contribution is -0.120. The van der Waals surface area contributed by atoms with E-state index in [1.807, 2.05) is 6.07 Å². The first-order valence-electron chi connectivity index (χ1n) is 7.38. The van der Waals surface area contributed by atoms with Gasteiger partial charge in [0.05, 0.1) is 12.6 Å². The third-order valence-corrected chi connectivity index (χ3v) is 3.72. The van der Waals surface area contributed by atoms with Crippen molar-refractivity contribution in [2.24, 2.45) is 0 Å². The molecule has 7 heteroatoms. The number of piperidine rings is 1. The van der Waals surface area contributed by atoms with Gasteiger partial charge >= 0.3 is 0 Å². The molecular formula is C14H23N5O2. The van der Waals surface area contributed by atoms with Gasteiger partial charge < -0.3 is 20.6 Å². The van der Waals surface area contributed by atoms with Crippen molar-refractivity contribution in [2.45, 2.75) is 31.7 Å². The predicted octanol–water partition coefficient (Wildman–Crippen LogP) is 0.376. The van der Waals surface area contributed by atoms with Crippen LogP contribution in [0.15, 0.2) is 12.4 Å². The standard InChI is InChI=1S/C14H23N5O2/c1-15-14(21)5-6-16-12-8-13(18-10-17-12)19-7-3-2-4-11(19)9-20/h8,10-11,20H,2-7,9H2,1H3,(H,15,21)(H,16,17,18). The lowest BCUT2D eigenvalue weighted by atomic mass is 10.0. The van der Waals surface area contributed by atoms with Gasteiger partial charge in [0.2, 0.25) is 5.91 Å². The van der Waals surface area contributed by atoms with Crippen LogP contribution in [-0.2, 0) is 4.79 Å². The zero-order valence-electron chi connectivity index (χ0n) is 12.4. The maximum absolute atomic E-state index is 11.2. The summed E-state index contributed by atoms with van der Waals surface area (Å²) in [7, 11) is 1.62. The lowest BCUT2D eigenvalue weighted by Crippen LogP contribution is -2.42. The van der Waals surface area contributed by atoms with E-state index in [0.717, 1.165) is 31.6 Å². The number of carbonyl (C=O) groups is 1. The Labute approximate surface area is 124 Å². The fourth-order valence-electron chi connectivity index (χ4n) is 2.52. The van der Waals surface area contributed by atoms with Gasteiger partial charge in [-0.25, -0.2) is 9.97 Å². The Morgan fingerprint density at radius 2 is 2.33 bits per heavy atom. The second-order valence-electron chi connectivity index (χ2n) is 5.14. The molecule has 2 rings (SSSR count). The van der Waals surface area contributed by atoms with Crippen LogP contribution in [0.4, 0.5) is 11.6 Å². The summed E-state index contributed by atoms with van der Waals surface area (Å²) in [6.45, 7) is 1.57. The summed E-state index contributed by atoms with van der Waals surface area (Å²) in [5, 5.41) is 15.2. The minimum atomic E-state index is -0.00634. The summed E-state index contributed by atoms with van der Waals surface area (Å²) in [6.07, 6.45) is 5.16. The van der Waals surface area contributed by atoms with Crippen LogP contribution in [-0.4, -0.2) is 53.8 Å². The molecule has 1 aromatic rings. The van der Waals surface area contributed by atoms with Crippen molar-refractivity contribution in [2.75, 3.05) is 37.0 Å². The lowest BCUT2D eigenvalue weighted by Gasteiger charge is -2.35. The minimum absolute atomic E-state index is 0.00634. The van der Waals surface area contributed by atoms with Crippen LogP contribution < -0.4 is 15.5 Å². The molecule has 0 aliphatic carbocycles. The molecular weight excluding hydrogens is 270 g/mol. The number of hydrogen-bond donors (Lipinski definition) is 3. The number of anilines is 2. The Hall–Kier alpha value is -1.89. The third-order valence-electron chi connectivity index (χ3n) is 3.72. The van der Waals surface area contributed by atoms with E-state index in [1.165, 1.54) is 6.33 Å². The van der Waals surface area contributed by atoms with E-state index in [4.69, 9.17) is 0 Å². The Kier molecular flexibility index (Phi) is 5.74. The van der Waals surface area contributed by atoms with Crippen LogP contribution in [0, 0.1) is 0 Å². The molecule has 2 heterocycles. The molecule has 7 nitrogen and oxygen atoms in total. The highest BCUT2D eigenvalue weighted by Crippen LogP contribution is 2.23. The first kappa shape index (κ1) is 15.5. The normalized spacial score (nSPS) is 18.4. The number of amides is 1. The second-order valence-corrected chi connectivity index (χ2v) is 5.14. The van der Waals surface area contributed by atoms with Gasteiger partial charge in [-0.2, -0.15) is 0 Å². The van der Waals surface area contributed by atoms with Crippen molar-refractivity contribution in [3.63, 3.8) is 0 Å². The first-order chi connectivity index (χ1) is 10.2. The smallest absolute Gasteiger partial charge is 0.221 e. The largest absolute Gasteiger partial charge is 0.394 e. The number of nitrogens with one attached hydrogen (secondary N) is 2. The van der Waals surface area contributed by atoms with E-state index in [1.54, 1.807) is 7.05 Å². The van der Waals surface area contributed by atoms with E-state index in [-0.39, 0.29) is 18.6 Å². The second kappa shape index (κ2) is 7.78. The molecule has 0 spiro atoms. The van der Waals surface area contributed by atoms with Gasteiger partial charge in [0.25, 0.3) is 0 Å². The molecule has 1 fully saturated rings. The van der Waals surface area contributed by atoms with Crippen LogP contribution in [0.2, 0.25) is 0 Å². The van der Waals surface area contributed by atoms with Crippen molar-refractivity contribution >= 4 is 17.5 Å². The average Bonchev–Trinajstić information content (AvgIpc) is 2.55. The molecule has 21 heavy (non-hydrogen) atoms. The maximum atomic E-state index is 11.2. The quantitative estimate of drug-likeness (QED) is 0.702. The van der Waals surface area contributed by atoms with Crippen molar-refractivity contribution in [3.8, 4) is 0 Å². The molecule has 1 saturated heterocycles. The highest BCUT2D eigenvalue weighted by Gasteiger charge is 2.23. The van der Waals surface area contributed by atoms with E-state index >= 15 is 0 Å². The van der Waals surface area contributed by atoms with Gasteiger partial charge in [-0.3, -0.25) is 4.79 Å². The number of aromatic nitrogens is 2. The van der Waals surface area contributed by atoms with Crippen LogP contribution in [0.5, 0.6) is 0 Å².